The first-order chi connectivity index (χ1) is 14.4. The summed E-state index contributed by atoms with van der Waals surface area (Å²) in [5.74, 6) is 0.404. The van der Waals surface area contributed by atoms with Crippen molar-refractivity contribution >= 4 is 17.7 Å². The molecule has 1 heterocycles. The zero-order valence-electron chi connectivity index (χ0n) is 17.7. The van der Waals surface area contributed by atoms with Gasteiger partial charge in [-0.05, 0) is 45.4 Å². The molecule has 3 rings (SSSR count). The van der Waals surface area contributed by atoms with E-state index in [9.17, 15) is 9.18 Å². The fourth-order valence-electron chi connectivity index (χ4n) is 3.52. The zero-order chi connectivity index (χ0) is 21.7. The van der Waals surface area contributed by atoms with Crippen LogP contribution in [0.1, 0.15) is 33.3 Å². The van der Waals surface area contributed by atoms with E-state index in [0.29, 0.717) is 23.1 Å². The van der Waals surface area contributed by atoms with E-state index in [1.165, 1.54) is 17.8 Å². The lowest BCUT2D eigenvalue weighted by Crippen LogP contribution is -2.43. The first kappa shape index (κ1) is 22.0. The predicted octanol–water partition coefficient (Wildman–Crippen LogP) is 4.87. The van der Waals surface area contributed by atoms with Gasteiger partial charge in [0.05, 0.1) is 17.9 Å². The fraction of sp³-hybridized carbons (Fsp3) is 0.348. The van der Waals surface area contributed by atoms with Crippen LogP contribution in [0.4, 0.5) is 4.39 Å². The SMILES string of the molecule is CC(C)N(C(=O)CSc1nnc(-c2ccccc2F)n1Cc1ccccc1)C(C)C. The summed E-state index contributed by atoms with van der Waals surface area (Å²) in [6, 6.07) is 16.7. The number of thioether (sulfide) groups is 1. The molecule has 0 bridgehead atoms. The number of aromatic nitrogens is 3. The quantitative estimate of drug-likeness (QED) is 0.482. The smallest absolute Gasteiger partial charge is 0.233 e. The third kappa shape index (κ3) is 5.08. The molecule has 0 unspecified atom stereocenters. The van der Waals surface area contributed by atoms with Crippen molar-refractivity contribution in [3.63, 3.8) is 0 Å². The summed E-state index contributed by atoms with van der Waals surface area (Å²) in [5.41, 5.74) is 1.44. The van der Waals surface area contributed by atoms with Gasteiger partial charge in [-0.3, -0.25) is 9.36 Å². The Morgan fingerprint density at radius 3 is 2.27 bits per heavy atom. The molecule has 0 aliphatic carbocycles. The lowest BCUT2D eigenvalue weighted by molar-refractivity contribution is -0.131. The molecule has 0 N–H and O–H groups in total. The Balaban J connectivity index is 1.91. The Morgan fingerprint density at radius 1 is 1.00 bits per heavy atom. The zero-order valence-corrected chi connectivity index (χ0v) is 18.6. The summed E-state index contributed by atoms with van der Waals surface area (Å²) in [6.07, 6.45) is 0. The largest absolute Gasteiger partial charge is 0.337 e. The van der Waals surface area contributed by atoms with E-state index in [-0.39, 0.29) is 29.6 Å². The molecule has 0 spiro atoms. The van der Waals surface area contributed by atoms with Crippen LogP contribution in [-0.4, -0.2) is 43.4 Å². The maximum absolute atomic E-state index is 14.5. The summed E-state index contributed by atoms with van der Waals surface area (Å²) in [5, 5.41) is 9.15. The molecule has 1 amide bonds. The van der Waals surface area contributed by atoms with E-state index in [1.54, 1.807) is 18.2 Å². The van der Waals surface area contributed by atoms with Crippen LogP contribution in [0.15, 0.2) is 59.8 Å². The molecule has 5 nitrogen and oxygen atoms in total. The number of carbonyl (C=O) groups excluding carboxylic acids is 1. The number of rotatable bonds is 8. The molecule has 158 valence electrons. The van der Waals surface area contributed by atoms with Crippen LogP contribution in [-0.2, 0) is 11.3 Å². The fourth-order valence-corrected chi connectivity index (χ4v) is 4.33. The minimum Gasteiger partial charge on any atom is -0.337 e. The van der Waals surface area contributed by atoms with Gasteiger partial charge in [-0.15, -0.1) is 10.2 Å². The van der Waals surface area contributed by atoms with Gasteiger partial charge in [-0.2, -0.15) is 0 Å². The van der Waals surface area contributed by atoms with Crippen molar-refractivity contribution in [2.24, 2.45) is 0 Å². The van der Waals surface area contributed by atoms with Crippen molar-refractivity contribution in [3.05, 3.63) is 66.0 Å². The van der Waals surface area contributed by atoms with E-state index in [2.05, 4.69) is 10.2 Å². The summed E-state index contributed by atoms with van der Waals surface area (Å²) in [7, 11) is 0. The number of amides is 1. The lowest BCUT2D eigenvalue weighted by atomic mass is 10.2. The minimum atomic E-state index is -0.349. The van der Waals surface area contributed by atoms with Crippen LogP contribution in [0.25, 0.3) is 11.4 Å². The highest BCUT2D eigenvalue weighted by Gasteiger charge is 2.22. The molecule has 0 fully saturated rings. The molecule has 0 atom stereocenters. The summed E-state index contributed by atoms with van der Waals surface area (Å²) in [4.78, 5) is 14.7. The second kappa shape index (κ2) is 9.89. The van der Waals surface area contributed by atoms with E-state index < -0.39 is 0 Å². The number of carbonyl (C=O) groups is 1. The Hall–Kier alpha value is -2.67. The highest BCUT2D eigenvalue weighted by Crippen LogP contribution is 2.27. The number of hydrogen-bond acceptors (Lipinski definition) is 4. The molecule has 0 saturated carbocycles. The number of halogens is 1. The topological polar surface area (TPSA) is 51.0 Å². The van der Waals surface area contributed by atoms with Gasteiger partial charge >= 0.3 is 0 Å². The van der Waals surface area contributed by atoms with Crippen molar-refractivity contribution < 1.29 is 9.18 Å². The monoisotopic (exact) mass is 426 g/mol. The van der Waals surface area contributed by atoms with E-state index in [0.717, 1.165) is 5.56 Å². The minimum absolute atomic E-state index is 0.0479. The lowest BCUT2D eigenvalue weighted by Gasteiger charge is -2.30. The Kier molecular flexibility index (Phi) is 7.26. The summed E-state index contributed by atoms with van der Waals surface area (Å²) < 4.78 is 16.3. The van der Waals surface area contributed by atoms with Crippen LogP contribution in [0.5, 0.6) is 0 Å². The maximum Gasteiger partial charge on any atom is 0.233 e. The van der Waals surface area contributed by atoms with Gasteiger partial charge in [0, 0.05) is 12.1 Å². The van der Waals surface area contributed by atoms with E-state index >= 15 is 0 Å². The molecule has 2 aromatic carbocycles. The highest BCUT2D eigenvalue weighted by molar-refractivity contribution is 7.99. The molecule has 3 aromatic rings. The van der Waals surface area contributed by atoms with Gasteiger partial charge < -0.3 is 4.90 Å². The maximum atomic E-state index is 14.5. The molecule has 0 radical (unpaired) electrons. The molecule has 0 saturated heterocycles. The van der Waals surface area contributed by atoms with Gasteiger partial charge in [0.2, 0.25) is 5.91 Å². The molecular formula is C23H27FN4OS. The van der Waals surface area contributed by atoms with Crippen LogP contribution in [0, 0.1) is 5.82 Å². The molecule has 0 aliphatic rings. The Morgan fingerprint density at radius 2 is 1.63 bits per heavy atom. The third-order valence-corrected chi connectivity index (χ3v) is 5.69. The second-order valence-corrected chi connectivity index (χ2v) is 8.58. The number of nitrogens with zero attached hydrogens (tertiary/aromatic N) is 4. The first-order valence-corrected chi connectivity index (χ1v) is 11.0. The van der Waals surface area contributed by atoms with Gasteiger partial charge in [-0.25, -0.2) is 4.39 Å². The first-order valence-electron chi connectivity index (χ1n) is 10.0. The Bertz CT molecular complexity index is 980. The van der Waals surface area contributed by atoms with E-state index in [4.69, 9.17) is 0 Å². The average molecular weight is 427 g/mol. The van der Waals surface area contributed by atoms with Gasteiger partial charge in [0.25, 0.3) is 0 Å². The van der Waals surface area contributed by atoms with Crippen molar-refractivity contribution in [2.45, 2.75) is 51.5 Å². The average Bonchev–Trinajstić information content (AvgIpc) is 3.09. The van der Waals surface area contributed by atoms with Crippen LogP contribution in [0.2, 0.25) is 0 Å². The van der Waals surface area contributed by atoms with Crippen LogP contribution >= 0.6 is 11.8 Å². The molecule has 1 aromatic heterocycles. The molecule has 7 heteroatoms. The van der Waals surface area contributed by atoms with Gasteiger partial charge in [0.1, 0.15) is 5.82 Å². The highest BCUT2D eigenvalue weighted by atomic mass is 32.2. The van der Waals surface area contributed by atoms with Crippen LogP contribution < -0.4 is 0 Å². The van der Waals surface area contributed by atoms with Crippen molar-refractivity contribution in [1.29, 1.82) is 0 Å². The van der Waals surface area contributed by atoms with E-state index in [1.807, 2.05) is 67.5 Å². The third-order valence-electron chi connectivity index (χ3n) is 4.74. The molecule has 30 heavy (non-hydrogen) atoms. The Labute approximate surface area is 181 Å². The summed E-state index contributed by atoms with van der Waals surface area (Å²) in [6.45, 7) is 8.53. The normalized spacial score (nSPS) is 11.3. The van der Waals surface area contributed by atoms with Crippen molar-refractivity contribution in [2.75, 3.05) is 5.75 Å². The second-order valence-electron chi connectivity index (χ2n) is 7.63. The number of benzene rings is 2. The summed E-state index contributed by atoms with van der Waals surface area (Å²) >= 11 is 1.33. The molecule has 0 aliphatic heterocycles. The number of hydrogen-bond donors (Lipinski definition) is 0. The van der Waals surface area contributed by atoms with Crippen LogP contribution in [0.3, 0.4) is 0 Å². The standard InChI is InChI=1S/C23H27FN4OS/c1-16(2)28(17(3)4)21(29)15-30-23-26-25-22(19-12-8-9-13-20(19)24)27(23)14-18-10-6-5-7-11-18/h5-13,16-17H,14-15H2,1-4H3. The molecular weight excluding hydrogens is 399 g/mol. The predicted molar refractivity (Wildman–Crippen MR) is 119 cm³/mol. The van der Waals surface area contributed by atoms with Gasteiger partial charge in [0.15, 0.2) is 11.0 Å². The van der Waals surface area contributed by atoms with Gasteiger partial charge in [-0.1, -0.05) is 54.2 Å². The van der Waals surface area contributed by atoms with Crippen molar-refractivity contribution in [3.8, 4) is 11.4 Å². The van der Waals surface area contributed by atoms with Crippen molar-refractivity contribution in [1.82, 2.24) is 19.7 Å².